The van der Waals surface area contributed by atoms with Crippen molar-refractivity contribution in [1.82, 2.24) is 0 Å². The summed E-state index contributed by atoms with van der Waals surface area (Å²) < 4.78 is 9.97. The first-order chi connectivity index (χ1) is 7.22. The van der Waals surface area contributed by atoms with E-state index in [0.717, 1.165) is 6.08 Å². The monoisotopic (exact) mass is 230 g/mol. The number of ether oxygens (including phenoxy) is 2. The number of methoxy groups -OCH3 is 2. The molecule has 0 N–H and O–H groups in total. The molecular weight excluding hydrogens is 219 g/mol. The van der Waals surface area contributed by atoms with Crippen LogP contribution in [0, 0.1) is 0 Å². The van der Waals surface area contributed by atoms with Gasteiger partial charge in [-0.15, -0.1) is 6.26 Å². The molecule has 0 unspecified atom stereocenters. The van der Waals surface area contributed by atoms with Crippen molar-refractivity contribution in [3.63, 3.8) is 0 Å². The molecule has 0 aromatic heterocycles. The van der Waals surface area contributed by atoms with Gasteiger partial charge in [-0.3, -0.25) is 4.79 Å². The van der Waals surface area contributed by atoms with E-state index in [1.54, 1.807) is 12.1 Å². The molecule has 0 bridgehead atoms. The Bertz CT molecular complexity index is 388. The SMILES string of the molecule is COc1ccc(OC)c(C(=O)/C=C\[O-])c1.[Na+]. The van der Waals surface area contributed by atoms with Crippen LogP contribution in [0.4, 0.5) is 0 Å². The van der Waals surface area contributed by atoms with Crippen LogP contribution in [-0.2, 0) is 0 Å². The largest absolute Gasteiger partial charge is 1.00 e. The predicted molar refractivity (Wildman–Crippen MR) is 53.0 cm³/mol. The van der Waals surface area contributed by atoms with E-state index in [1.165, 1.54) is 20.3 Å². The average molecular weight is 230 g/mol. The van der Waals surface area contributed by atoms with E-state index in [4.69, 9.17) is 9.47 Å². The summed E-state index contributed by atoms with van der Waals surface area (Å²) in [7, 11) is 2.96. The van der Waals surface area contributed by atoms with Gasteiger partial charge in [0.15, 0.2) is 5.78 Å². The van der Waals surface area contributed by atoms with Crippen LogP contribution in [0.15, 0.2) is 30.5 Å². The number of benzene rings is 1. The second-order valence-corrected chi connectivity index (χ2v) is 2.73. The first kappa shape index (κ1) is 15.0. The normalized spacial score (nSPS) is 9.62. The maximum Gasteiger partial charge on any atom is 1.00 e. The van der Waals surface area contributed by atoms with E-state index in [1.807, 2.05) is 0 Å². The van der Waals surface area contributed by atoms with E-state index in [2.05, 4.69) is 0 Å². The zero-order valence-electron chi connectivity index (χ0n) is 9.52. The maximum absolute atomic E-state index is 11.5. The van der Waals surface area contributed by atoms with E-state index in [9.17, 15) is 9.90 Å². The summed E-state index contributed by atoms with van der Waals surface area (Å²) in [5.74, 6) is 0.554. The van der Waals surface area contributed by atoms with Crippen LogP contribution in [0.2, 0.25) is 0 Å². The van der Waals surface area contributed by atoms with Crippen molar-refractivity contribution in [3.8, 4) is 11.5 Å². The van der Waals surface area contributed by atoms with Gasteiger partial charge in [-0.2, -0.15) is 0 Å². The number of hydrogen-bond acceptors (Lipinski definition) is 4. The first-order valence-corrected chi connectivity index (χ1v) is 4.27. The standard InChI is InChI=1S/C11H12O4.Na/c1-14-8-3-4-11(15-2)9(7-8)10(13)5-6-12;/h3-7,12H,1-2H3;/q;+1/p-1/b6-5-;. The molecule has 0 aliphatic carbocycles. The maximum atomic E-state index is 11.5. The van der Waals surface area contributed by atoms with Crippen molar-refractivity contribution in [2.45, 2.75) is 0 Å². The van der Waals surface area contributed by atoms with Gasteiger partial charge in [0.2, 0.25) is 0 Å². The second-order valence-electron chi connectivity index (χ2n) is 2.73. The molecule has 5 heteroatoms. The van der Waals surface area contributed by atoms with Crippen LogP contribution >= 0.6 is 0 Å². The van der Waals surface area contributed by atoms with Crippen molar-refractivity contribution in [3.05, 3.63) is 36.1 Å². The van der Waals surface area contributed by atoms with Crippen LogP contribution < -0.4 is 44.1 Å². The number of hydrogen-bond donors (Lipinski definition) is 0. The number of allylic oxidation sites excluding steroid dienone is 1. The smallest absolute Gasteiger partial charge is 0.878 e. The Kier molecular flexibility index (Phi) is 6.88. The van der Waals surface area contributed by atoms with Gasteiger partial charge in [0, 0.05) is 0 Å². The molecule has 0 amide bonds. The Morgan fingerprint density at radius 2 is 2.00 bits per heavy atom. The molecule has 0 heterocycles. The van der Waals surface area contributed by atoms with Crippen LogP contribution in [0.25, 0.3) is 0 Å². The summed E-state index contributed by atoms with van der Waals surface area (Å²) in [5.41, 5.74) is 0.309. The zero-order chi connectivity index (χ0) is 11.3. The van der Waals surface area contributed by atoms with Crippen molar-refractivity contribution in [2.75, 3.05) is 14.2 Å². The summed E-state index contributed by atoms with van der Waals surface area (Å²) in [6.45, 7) is 0. The molecule has 4 nitrogen and oxygen atoms in total. The summed E-state index contributed by atoms with van der Waals surface area (Å²) in [6, 6.07) is 4.82. The predicted octanol–water partition coefficient (Wildman–Crippen LogP) is -2.24. The molecule has 0 atom stereocenters. The topological polar surface area (TPSA) is 58.6 Å². The minimum atomic E-state index is -0.402. The molecule has 1 rings (SSSR count). The van der Waals surface area contributed by atoms with Crippen molar-refractivity contribution < 1.29 is 48.9 Å². The van der Waals surface area contributed by atoms with Crippen LogP contribution in [0.3, 0.4) is 0 Å². The molecule has 1 aromatic rings. The van der Waals surface area contributed by atoms with Gasteiger partial charge in [-0.05, 0) is 24.3 Å². The molecule has 0 fully saturated rings. The summed E-state index contributed by atoms with van der Waals surface area (Å²) in [4.78, 5) is 11.5. The molecule has 0 saturated heterocycles. The summed E-state index contributed by atoms with van der Waals surface area (Å²) in [5, 5.41) is 10.2. The Balaban J connectivity index is 0.00000225. The molecule has 0 saturated carbocycles. The fraction of sp³-hybridized carbons (Fsp3) is 0.182. The third-order valence-electron chi connectivity index (χ3n) is 1.89. The Labute approximate surface area is 116 Å². The molecular formula is C11H11NaO4. The van der Waals surface area contributed by atoms with E-state index in [-0.39, 0.29) is 29.6 Å². The van der Waals surface area contributed by atoms with Crippen molar-refractivity contribution in [2.24, 2.45) is 0 Å². The molecule has 1 aromatic carbocycles. The Hall–Kier alpha value is -0.970. The fourth-order valence-corrected chi connectivity index (χ4v) is 1.16. The Morgan fingerprint density at radius 1 is 1.31 bits per heavy atom. The second kappa shape index (κ2) is 7.33. The van der Waals surface area contributed by atoms with Crippen molar-refractivity contribution in [1.29, 1.82) is 0 Å². The molecule has 16 heavy (non-hydrogen) atoms. The van der Waals surface area contributed by atoms with Gasteiger partial charge in [0.1, 0.15) is 11.5 Å². The molecule has 80 valence electrons. The fourth-order valence-electron chi connectivity index (χ4n) is 1.16. The van der Waals surface area contributed by atoms with Gasteiger partial charge in [0.05, 0.1) is 19.8 Å². The quantitative estimate of drug-likeness (QED) is 0.254. The molecule has 0 spiro atoms. The third kappa shape index (κ3) is 3.56. The molecule has 0 radical (unpaired) electrons. The summed E-state index contributed by atoms with van der Waals surface area (Å²) in [6.07, 6.45) is 1.39. The van der Waals surface area contributed by atoms with Crippen LogP contribution in [0.5, 0.6) is 11.5 Å². The van der Waals surface area contributed by atoms with Gasteiger partial charge in [0.25, 0.3) is 0 Å². The summed E-state index contributed by atoms with van der Waals surface area (Å²) >= 11 is 0. The van der Waals surface area contributed by atoms with Crippen LogP contribution in [-0.4, -0.2) is 20.0 Å². The molecule has 0 aliphatic heterocycles. The number of rotatable bonds is 4. The van der Waals surface area contributed by atoms with E-state index >= 15 is 0 Å². The van der Waals surface area contributed by atoms with Gasteiger partial charge in [-0.25, -0.2) is 0 Å². The molecule has 0 aliphatic rings. The first-order valence-electron chi connectivity index (χ1n) is 4.27. The minimum Gasteiger partial charge on any atom is -0.878 e. The minimum absolute atomic E-state index is 0. The number of carbonyl (C=O) groups is 1. The van der Waals surface area contributed by atoms with Gasteiger partial charge < -0.3 is 14.6 Å². The zero-order valence-corrected chi connectivity index (χ0v) is 11.5. The number of ketones is 1. The number of carbonyl (C=O) groups excluding carboxylic acids is 1. The van der Waals surface area contributed by atoms with E-state index in [0.29, 0.717) is 23.3 Å². The van der Waals surface area contributed by atoms with Crippen LogP contribution in [0.1, 0.15) is 10.4 Å². The Morgan fingerprint density at radius 3 is 2.50 bits per heavy atom. The van der Waals surface area contributed by atoms with E-state index < -0.39 is 5.78 Å². The van der Waals surface area contributed by atoms with Crippen molar-refractivity contribution >= 4 is 5.78 Å². The van der Waals surface area contributed by atoms with Gasteiger partial charge >= 0.3 is 29.6 Å². The average Bonchev–Trinajstić information content (AvgIpc) is 2.28. The third-order valence-corrected chi connectivity index (χ3v) is 1.89. The van der Waals surface area contributed by atoms with Gasteiger partial charge in [-0.1, -0.05) is 0 Å².